The Bertz CT molecular complexity index is 654. The third-order valence-electron chi connectivity index (χ3n) is 8.21. The molecule has 0 aliphatic rings. The van der Waals surface area contributed by atoms with Crippen LogP contribution in [0.15, 0.2) is 0 Å². The topological polar surface area (TPSA) is 131 Å². The Morgan fingerprint density at radius 2 is 1.07 bits per heavy atom. The van der Waals surface area contributed by atoms with Crippen molar-refractivity contribution < 1.29 is 28.4 Å². The summed E-state index contributed by atoms with van der Waals surface area (Å²) in [5.41, 5.74) is 5.35. The molecule has 3 atom stereocenters. The second kappa shape index (κ2) is 31.5. The fourth-order valence-electron chi connectivity index (χ4n) is 5.43. The van der Waals surface area contributed by atoms with Crippen LogP contribution in [0, 0.1) is 0 Å². The van der Waals surface area contributed by atoms with Gasteiger partial charge in [-0.05, 0) is 12.8 Å². The number of hydrogen-bond donors (Lipinski definition) is 4. The van der Waals surface area contributed by atoms with Crippen LogP contribution in [-0.2, 0) is 18.4 Å². The van der Waals surface area contributed by atoms with Crippen molar-refractivity contribution in [3.8, 4) is 0 Å². The Kier molecular flexibility index (Phi) is 31.1. The number of amides is 1. The van der Waals surface area contributed by atoms with Gasteiger partial charge in [0.15, 0.2) is 0 Å². The lowest BCUT2D eigenvalue weighted by molar-refractivity contribution is -0.123. The van der Waals surface area contributed by atoms with Gasteiger partial charge in [-0.1, -0.05) is 162 Å². The average Bonchev–Trinajstić information content (AvgIpc) is 2.99. The monoisotopic (exact) mass is 635 g/mol. The van der Waals surface area contributed by atoms with Gasteiger partial charge in [-0.3, -0.25) is 13.8 Å². The van der Waals surface area contributed by atoms with E-state index in [4.69, 9.17) is 14.8 Å². The summed E-state index contributed by atoms with van der Waals surface area (Å²) < 4.78 is 22.0. The van der Waals surface area contributed by atoms with Crippen molar-refractivity contribution in [3.63, 3.8) is 0 Å². The molecule has 0 aromatic carbocycles. The van der Waals surface area contributed by atoms with Crippen LogP contribution in [0.2, 0.25) is 0 Å². The lowest BCUT2D eigenvalue weighted by atomic mass is 10.0. The molecule has 9 heteroatoms. The van der Waals surface area contributed by atoms with Crippen LogP contribution in [0.1, 0.15) is 181 Å². The van der Waals surface area contributed by atoms with Gasteiger partial charge in [-0.2, -0.15) is 0 Å². The minimum Gasteiger partial charge on any atom is -0.391 e. The molecule has 0 rings (SSSR count). The van der Waals surface area contributed by atoms with Crippen molar-refractivity contribution in [1.82, 2.24) is 5.32 Å². The molecule has 0 spiro atoms. The summed E-state index contributed by atoms with van der Waals surface area (Å²) in [6.45, 7) is 4.18. The van der Waals surface area contributed by atoms with Crippen molar-refractivity contribution in [1.29, 1.82) is 0 Å². The first-order chi connectivity index (χ1) is 20.9. The van der Waals surface area contributed by atoms with E-state index in [9.17, 15) is 19.4 Å². The van der Waals surface area contributed by atoms with Crippen molar-refractivity contribution in [2.75, 3.05) is 19.8 Å². The molecule has 0 aromatic heterocycles. The largest absolute Gasteiger partial charge is 0.472 e. The number of carbonyl (C=O) groups is 1. The fraction of sp³-hybridized carbons (Fsp3) is 0.971. The zero-order chi connectivity index (χ0) is 31.9. The van der Waals surface area contributed by atoms with E-state index < -0.39 is 20.0 Å². The predicted molar refractivity (Wildman–Crippen MR) is 180 cm³/mol. The molecule has 0 bridgehead atoms. The van der Waals surface area contributed by atoms with E-state index in [1.54, 1.807) is 0 Å². The summed E-state index contributed by atoms with van der Waals surface area (Å²) in [7, 11) is -4.30. The minimum atomic E-state index is -4.30. The van der Waals surface area contributed by atoms with E-state index in [-0.39, 0.29) is 25.7 Å². The van der Waals surface area contributed by atoms with Crippen LogP contribution in [0.25, 0.3) is 0 Å². The van der Waals surface area contributed by atoms with Crippen LogP contribution >= 0.6 is 7.82 Å². The number of phosphoric acid groups is 1. The number of unbranched alkanes of at least 4 members (excludes halogenated alkanes) is 22. The normalized spacial score (nSPS) is 14.4. The molecular formula is C34H71N2O6P. The highest BCUT2D eigenvalue weighted by Crippen LogP contribution is 2.43. The van der Waals surface area contributed by atoms with Gasteiger partial charge in [0.2, 0.25) is 5.91 Å². The van der Waals surface area contributed by atoms with Gasteiger partial charge < -0.3 is 21.1 Å². The highest BCUT2D eigenvalue weighted by Gasteiger charge is 2.27. The maximum Gasteiger partial charge on any atom is 0.472 e. The van der Waals surface area contributed by atoms with Crippen molar-refractivity contribution in [3.05, 3.63) is 0 Å². The summed E-state index contributed by atoms with van der Waals surface area (Å²) in [4.78, 5) is 22.5. The van der Waals surface area contributed by atoms with E-state index >= 15 is 0 Å². The number of nitrogens with one attached hydrogen (secondary N) is 1. The number of phosphoric ester groups is 1. The molecule has 0 saturated heterocycles. The van der Waals surface area contributed by atoms with Crippen molar-refractivity contribution >= 4 is 13.7 Å². The van der Waals surface area contributed by atoms with E-state index in [1.807, 2.05) is 0 Å². The third kappa shape index (κ3) is 29.9. The number of hydrogen-bond acceptors (Lipinski definition) is 6. The summed E-state index contributed by atoms with van der Waals surface area (Å²) >= 11 is 0. The molecule has 258 valence electrons. The standard InChI is InChI=1S/C34H71N2O6P/c1-3-5-7-9-11-13-14-15-16-17-18-20-21-23-25-27-33(37)32(31-42-43(39,40)41-30-29-35)36-34(38)28-26-24-22-19-12-10-8-6-4-2/h32-33,37H,3-31,35H2,1-2H3,(H,36,38)(H,39,40). The van der Waals surface area contributed by atoms with Gasteiger partial charge in [0.25, 0.3) is 0 Å². The van der Waals surface area contributed by atoms with E-state index in [1.165, 1.54) is 116 Å². The number of aliphatic hydroxyl groups excluding tert-OH is 1. The summed E-state index contributed by atoms with van der Waals surface area (Å²) in [5.74, 6) is -0.164. The van der Waals surface area contributed by atoms with Gasteiger partial charge in [-0.25, -0.2) is 4.57 Å². The average molecular weight is 635 g/mol. The van der Waals surface area contributed by atoms with Crippen molar-refractivity contribution in [2.45, 2.75) is 193 Å². The molecule has 0 aliphatic heterocycles. The molecule has 3 unspecified atom stereocenters. The second-order valence-corrected chi connectivity index (χ2v) is 13.9. The minimum absolute atomic E-state index is 0.0919. The summed E-state index contributed by atoms with van der Waals surface area (Å²) in [6, 6.07) is -0.764. The van der Waals surface area contributed by atoms with Crippen molar-refractivity contribution in [2.24, 2.45) is 5.73 Å². The Labute approximate surface area is 265 Å². The predicted octanol–water partition coefficient (Wildman–Crippen LogP) is 9.11. The molecule has 8 nitrogen and oxygen atoms in total. The molecule has 43 heavy (non-hydrogen) atoms. The van der Waals surface area contributed by atoms with Gasteiger partial charge in [0.05, 0.1) is 25.4 Å². The summed E-state index contributed by atoms with van der Waals surface area (Å²) in [5, 5.41) is 13.7. The van der Waals surface area contributed by atoms with Crippen LogP contribution < -0.4 is 11.1 Å². The lowest BCUT2D eigenvalue weighted by Gasteiger charge is -2.25. The Balaban J connectivity index is 4.22. The Hall–Kier alpha value is -0.500. The second-order valence-electron chi connectivity index (χ2n) is 12.4. The molecule has 5 N–H and O–H groups in total. The smallest absolute Gasteiger partial charge is 0.391 e. The highest BCUT2D eigenvalue weighted by molar-refractivity contribution is 7.47. The van der Waals surface area contributed by atoms with Gasteiger partial charge in [-0.15, -0.1) is 0 Å². The number of carbonyl (C=O) groups excluding carboxylic acids is 1. The molecule has 0 aliphatic carbocycles. The van der Waals surface area contributed by atoms with E-state index in [2.05, 4.69) is 19.2 Å². The fourth-order valence-corrected chi connectivity index (χ4v) is 6.19. The third-order valence-corrected chi connectivity index (χ3v) is 9.20. The summed E-state index contributed by atoms with van der Waals surface area (Å²) in [6.07, 6.45) is 29.6. The quantitative estimate of drug-likeness (QED) is 0.0410. The first-order valence-electron chi connectivity index (χ1n) is 18.2. The zero-order valence-electron chi connectivity index (χ0n) is 28.2. The number of nitrogens with two attached hydrogens (primary N) is 1. The molecule has 0 radical (unpaired) electrons. The van der Waals surface area contributed by atoms with Gasteiger partial charge in [0, 0.05) is 13.0 Å². The SMILES string of the molecule is CCCCCCCCCCCCCCCCCC(O)C(COP(=O)(O)OCCN)NC(=O)CCCCCCCCCCC. The van der Waals surface area contributed by atoms with Crippen LogP contribution in [0.3, 0.4) is 0 Å². The molecule has 1 amide bonds. The lowest BCUT2D eigenvalue weighted by Crippen LogP contribution is -2.46. The molecule has 0 heterocycles. The first kappa shape index (κ1) is 42.5. The molecule has 0 fully saturated rings. The Morgan fingerprint density at radius 1 is 0.674 bits per heavy atom. The van der Waals surface area contributed by atoms with Gasteiger partial charge in [0.1, 0.15) is 0 Å². The maximum atomic E-state index is 12.6. The van der Waals surface area contributed by atoms with Gasteiger partial charge >= 0.3 is 7.82 Å². The van der Waals surface area contributed by atoms with E-state index in [0.29, 0.717) is 12.8 Å². The van der Waals surface area contributed by atoms with E-state index in [0.717, 1.165) is 38.5 Å². The maximum absolute atomic E-state index is 12.6. The number of rotatable bonds is 34. The van der Waals surface area contributed by atoms with Crippen LogP contribution in [0.4, 0.5) is 0 Å². The van der Waals surface area contributed by atoms with Crippen LogP contribution in [0.5, 0.6) is 0 Å². The number of aliphatic hydroxyl groups is 1. The highest BCUT2D eigenvalue weighted by atomic mass is 31.2. The molecular weight excluding hydrogens is 563 g/mol. The zero-order valence-corrected chi connectivity index (χ0v) is 29.1. The Morgan fingerprint density at radius 3 is 1.49 bits per heavy atom. The molecule has 0 saturated carbocycles. The first-order valence-corrected chi connectivity index (χ1v) is 19.6. The molecule has 0 aromatic rings. The van der Waals surface area contributed by atoms with Crippen LogP contribution in [-0.4, -0.2) is 47.8 Å².